The van der Waals surface area contributed by atoms with Gasteiger partial charge in [-0.25, -0.2) is 13.1 Å². The van der Waals surface area contributed by atoms with Crippen LogP contribution in [0.1, 0.15) is 24.6 Å². The van der Waals surface area contributed by atoms with Gasteiger partial charge >= 0.3 is 0 Å². The van der Waals surface area contributed by atoms with Crippen LogP contribution in [-0.2, 0) is 16.6 Å². The van der Waals surface area contributed by atoms with Gasteiger partial charge in [-0.1, -0.05) is 6.92 Å². The Balaban J connectivity index is 2.09. The first-order chi connectivity index (χ1) is 9.06. The number of nitrogens with two attached hydrogens (primary N) is 1. The fourth-order valence-electron chi connectivity index (χ4n) is 2.44. The zero-order valence-electron chi connectivity index (χ0n) is 11.1. The lowest BCUT2D eigenvalue weighted by Crippen LogP contribution is -2.47. The summed E-state index contributed by atoms with van der Waals surface area (Å²) in [5.74, 6) is 0. The molecule has 0 aliphatic carbocycles. The van der Waals surface area contributed by atoms with Crippen LogP contribution in [-0.4, -0.2) is 39.0 Å². The highest BCUT2D eigenvalue weighted by Gasteiger charge is 2.26. The van der Waals surface area contributed by atoms with Crippen LogP contribution < -0.4 is 10.5 Å². The Hall–Kier alpha value is -0.470. The second kappa shape index (κ2) is 6.32. The highest BCUT2D eigenvalue weighted by molar-refractivity contribution is 7.89. The number of likely N-dealkylation sites (tertiary alicyclic amines) is 1. The Morgan fingerprint density at radius 3 is 3.05 bits per heavy atom. The van der Waals surface area contributed by atoms with Crippen LogP contribution in [0.2, 0.25) is 0 Å². The topological polar surface area (TPSA) is 75.4 Å². The smallest absolute Gasteiger partial charge is 0.242 e. The van der Waals surface area contributed by atoms with E-state index in [1.165, 1.54) is 11.3 Å². The molecule has 0 saturated carbocycles. The average molecular weight is 303 g/mol. The van der Waals surface area contributed by atoms with E-state index in [2.05, 4.69) is 16.5 Å². The van der Waals surface area contributed by atoms with Gasteiger partial charge < -0.3 is 10.6 Å². The predicted molar refractivity (Wildman–Crippen MR) is 77.7 cm³/mol. The Bertz CT molecular complexity index is 513. The molecule has 0 radical (unpaired) electrons. The zero-order chi connectivity index (χ0) is 13.9. The first-order valence-corrected chi connectivity index (χ1v) is 8.94. The fraction of sp³-hybridized carbons (Fsp3) is 0.667. The molecule has 108 valence electrons. The monoisotopic (exact) mass is 303 g/mol. The van der Waals surface area contributed by atoms with Crippen LogP contribution in [0.4, 0.5) is 0 Å². The van der Waals surface area contributed by atoms with Gasteiger partial charge in [-0.3, -0.25) is 0 Å². The van der Waals surface area contributed by atoms with Gasteiger partial charge in [0.25, 0.3) is 0 Å². The number of rotatable bonds is 5. The number of hydrogen-bond donors (Lipinski definition) is 2. The van der Waals surface area contributed by atoms with Crippen LogP contribution in [0.5, 0.6) is 0 Å². The van der Waals surface area contributed by atoms with Crippen molar-refractivity contribution in [3.05, 3.63) is 16.3 Å². The molecule has 2 rings (SSSR count). The van der Waals surface area contributed by atoms with Crippen molar-refractivity contribution >= 4 is 21.4 Å². The van der Waals surface area contributed by atoms with Crippen LogP contribution in [0, 0.1) is 0 Å². The Morgan fingerprint density at radius 1 is 1.58 bits per heavy atom. The van der Waals surface area contributed by atoms with Crippen molar-refractivity contribution in [3.63, 3.8) is 0 Å². The molecule has 0 bridgehead atoms. The number of hydrogen-bond acceptors (Lipinski definition) is 5. The number of sulfonamides is 1. The molecular formula is C12H21N3O2S2. The molecule has 1 fully saturated rings. The Labute approximate surface area is 118 Å². The number of nitrogens with one attached hydrogen (secondary N) is 1. The summed E-state index contributed by atoms with van der Waals surface area (Å²) in [7, 11) is -3.44. The molecule has 1 aliphatic rings. The van der Waals surface area contributed by atoms with E-state index in [-0.39, 0.29) is 12.6 Å². The molecule has 3 N–H and O–H groups in total. The first-order valence-electron chi connectivity index (χ1n) is 6.58. The zero-order valence-corrected chi connectivity index (χ0v) is 12.8. The molecule has 7 heteroatoms. The van der Waals surface area contributed by atoms with Crippen molar-refractivity contribution in [1.82, 2.24) is 9.62 Å². The van der Waals surface area contributed by atoms with Crippen LogP contribution in [0.15, 0.2) is 16.3 Å². The van der Waals surface area contributed by atoms with E-state index in [9.17, 15) is 8.42 Å². The molecule has 0 aromatic carbocycles. The fourth-order valence-corrected chi connectivity index (χ4v) is 5.04. The number of piperidine rings is 1. The van der Waals surface area contributed by atoms with Gasteiger partial charge in [0.1, 0.15) is 0 Å². The van der Waals surface area contributed by atoms with Crippen molar-refractivity contribution in [2.45, 2.75) is 37.2 Å². The molecule has 1 aromatic heterocycles. The molecule has 5 nitrogen and oxygen atoms in total. The third-order valence-corrected chi connectivity index (χ3v) is 6.13. The van der Waals surface area contributed by atoms with Crippen molar-refractivity contribution < 1.29 is 8.42 Å². The lowest BCUT2D eigenvalue weighted by Gasteiger charge is -2.32. The summed E-state index contributed by atoms with van der Waals surface area (Å²) in [5.41, 5.74) is 5.58. The van der Waals surface area contributed by atoms with E-state index in [1.54, 1.807) is 11.4 Å². The SMILES string of the molecule is CCN1CCCC(NS(=O)(=O)c2ccsc2CN)C1. The van der Waals surface area contributed by atoms with Gasteiger partial charge in [0, 0.05) is 24.0 Å². The van der Waals surface area contributed by atoms with Gasteiger partial charge in [-0.15, -0.1) is 11.3 Å². The quantitative estimate of drug-likeness (QED) is 0.850. The minimum absolute atomic E-state index is 0.00391. The summed E-state index contributed by atoms with van der Waals surface area (Å²) in [6.07, 6.45) is 1.94. The lowest BCUT2D eigenvalue weighted by molar-refractivity contribution is 0.211. The Kier molecular flexibility index (Phi) is 4.97. The highest BCUT2D eigenvalue weighted by Crippen LogP contribution is 2.22. The van der Waals surface area contributed by atoms with E-state index >= 15 is 0 Å². The van der Waals surface area contributed by atoms with Gasteiger partial charge in [-0.05, 0) is 37.4 Å². The first kappa shape index (κ1) is 14.9. The predicted octanol–water partition coefficient (Wildman–Crippen LogP) is 0.969. The molecule has 19 heavy (non-hydrogen) atoms. The van der Waals surface area contributed by atoms with E-state index in [0.29, 0.717) is 4.90 Å². The van der Waals surface area contributed by atoms with E-state index in [4.69, 9.17) is 5.73 Å². The summed E-state index contributed by atoms with van der Waals surface area (Å²) < 4.78 is 27.5. The molecule has 0 amide bonds. The van der Waals surface area contributed by atoms with Crippen LogP contribution >= 0.6 is 11.3 Å². The van der Waals surface area contributed by atoms with E-state index in [1.807, 2.05) is 0 Å². The minimum atomic E-state index is -3.44. The second-order valence-electron chi connectivity index (χ2n) is 4.77. The second-order valence-corrected chi connectivity index (χ2v) is 7.45. The molecule has 1 aromatic rings. The van der Waals surface area contributed by atoms with Crippen LogP contribution in [0.25, 0.3) is 0 Å². The molecule has 1 saturated heterocycles. The maximum atomic E-state index is 12.4. The Morgan fingerprint density at radius 2 is 2.37 bits per heavy atom. The van der Waals surface area contributed by atoms with E-state index in [0.717, 1.165) is 37.4 Å². The number of likely N-dealkylation sites (N-methyl/N-ethyl adjacent to an activating group) is 1. The summed E-state index contributed by atoms with van der Waals surface area (Å²) in [6, 6.07) is 1.64. The largest absolute Gasteiger partial charge is 0.326 e. The highest BCUT2D eigenvalue weighted by atomic mass is 32.2. The van der Waals surface area contributed by atoms with E-state index < -0.39 is 10.0 Å². The van der Waals surface area contributed by atoms with Gasteiger partial charge in [0.2, 0.25) is 10.0 Å². The third kappa shape index (κ3) is 3.55. The number of nitrogens with zero attached hydrogens (tertiary/aromatic N) is 1. The lowest BCUT2D eigenvalue weighted by atomic mass is 10.1. The van der Waals surface area contributed by atoms with Crippen molar-refractivity contribution in [2.24, 2.45) is 5.73 Å². The molecule has 1 unspecified atom stereocenters. The summed E-state index contributed by atoms with van der Waals surface area (Å²) in [6.45, 7) is 5.17. The third-order valence-electron chi connectivity index (χ3n) is 3.45. The molecule has 1 atom stereocenters. The van der Waals surface area contributed by atoms with Crippen molar-refractivity contribution in [2.75, 3.05) is 19.6 Å². The minimum Gasteiger partial charge on any atom is -0.326 e. The van der Waals surface area contributed by atoms with Gasteiger partial charge in [-0.2, -0.15) is 0 Å². The molecule has 2 heterocycles. The molecule has 1 aliphatic heterocycles. The normalized spacial score (nSPS) is 21.7. The standard InChI is InChI=1S/C12H21N3O2S2/c1-2-15-6-3-4-10(9-15)14-19(16,17)12-5-7-18-11(12)8-13/h5,7,10,14H,2-4,6,8-9,13H2,1H3. The average Bonchev–Trinajstić information content (AvgIpc) is 2.87. The van der Waals surface area contributed by atoms with Crippen molar-refractivity contribution in [3.8, 4) is 0 Å². The van der Waals surface area contributed by atoms with Crippen molar-refractivity contribution in [1.29, 1.82) is 0 Å². The molecule has 0 spiro atoms. The molecular weight excluding hydrogens is 282 g/mol. The summed E-state index contributed by atoms with van der Waals surface area (Å²) in [5, 5.41) is 1.77. The van der Waals surface area contributed by atoms with Gasteiger partial charge in [0.15, 0.2) is 0 Å². The number of thiophene rings is 1. The summed E-state index contributed by atoms with van der Waals surface area (Å²) >= 11 is 1.39. The van der Waals surface area contributed by atoms with Gasteiger partial charge in [0.05, 0.1) is 4.90 Å². The summed E-state index contributed by atoms with van der Waals surface area (Å²) in [4.78, 5) is 3.33. The maximum absolute atomic E-state index is 12.4. The maximum Gasteiger partial charge on any atom is 0.242 e. The van der Waals surface area contributed by atoms with Crippen LogP contribution in [0.3, 0.4) is 0 Å².